The first-order valence-electron chi connectivity index (χ1n) is 5.61. The van der Waals surface area contributed by atoms with Crippen molar-refractivity contribution >= 4 is 11.5 Å². The van der Waals surface area contributed by atoms with Crippen molar-refractivity contribution in [3.63, 3.8) is 0 Å². The highest BCUT2D eigenvalue weighted by Gasteiger charge is 2.42. The standard InChI is InChI=1S/C13H7F3N2O3/c14-13(15,16)11-9(2-1-3-10(11)18(20)21)12(19)8-4-6-17-7-5-8/h1-7H. The van der Waals surface area contributed by atoms with Crippen LogP contribution in [0.15, 0.2) is 42.7 Å². The minimum absolute atomic E-state index is 0.0315. The number of hydrogen-bond acceptors (Lipinski definition) is 4. The van der Waals surface area contributed by atoms with Crippen LogP contribution in [0.25, 0.3) is 0 Å². The van der Waals surface area contributed by atoms with Crippen LogP contribution in [-0.4, -0.2) is 15.7 Å². The van der Waals surface area contributed by atoms with Crippen molar-refractivity contribution in [2.75, 3.05) is 0 Å². The fraction of sp³-hybridized carbons (Fsp3) is 0.0769. The number of nitro groups is 1. The molecule has 21 heavy (non-hydrogen) atoms. The molecule has 0 unspecified atom stereocenters. The lowest BCUT2D eigenvalue weighted by atomic mass is 9.97. The molecule has 0 radical (unpaired) electrons. The molecule has 1 aromatic heterocycles. The van der Waals surface area contributed by atoms with Crippen molar-refractivity contribution in [3.05, 3.63) is 69.5 Å². The first-order valence-corrected chi connectivity index (χ1v) is 5.61. The summed E-state index contributed by atoms with van der Waals surface area (Å²) < 4.78 is 39.2. The number of hydrogen-bond donors (Lipinski definition) is 0. The van der Waals surface area contributed by atoms with E-state index in [4.69, 9.17) is 0 Å². The minimum atomic E-state index is -5.01. The molecule has 2 aromatic rings. The van der Waals surface area contributed by atoms with Crippen molar-refractivity contribution in [2.45, 2.75) is 6.18 Å². The summed E-state index contributed by atoms with van der Waals surface area (Å²) in [5.74, 6) is -0.951. The Labute approximate surface area is 116 Å². The molecule has 8 heteroatoms. The third-order valence-corrected chi connectivity index (χ3v) is 2.71. The van der Waals surface area contributed by atoms with Crippen molar-refractivity contribution in [2.24, 2.45) is 0 Å². The Morgan fingerprint density at radius 3 is 2.29 bits per heavy atom. The van der Waals surface area contributed by atoms with Gasteiger partial charge in [0.05, 0.1) is 4.92 Å². The number of carbonyl (C=O) groups excluding carboxylic acids is 1. The molecule has 1 aromatic carbocycles. The van der Waals surface area contributed by atoms with Crippen molar-refractivity contribution in [1.82, 2.24) is 4.98 Å². The predicted octanol–water partition coefficient (Wildman–Crippen LogP) is 3.24. The number of rotatable bonds is 3. The number of nitrogens with zero attached hydrogens (tertiary/aromatic N) is 2. The third-order valence-electron chi connectivity index (χ3n) is 2.71. The average molecular weight is 296 g/mol. The third kappa shape index (κ3) is 2.88. The van der Waals surface area contributed by atoms with Gasteiger partial charge in [0, 0.05) is 29.6 Å². The van der Waals surface area contributed by atoms with Gasteiger partial charge in [-0.3, -0.25) is 19.9 Å². The van der Waals surface area contributed by atoms with Gasteiger partial charge in [-0.1, -0.05) is 6.07 Å². The Kier molecular flexibility index (Phi) is 3.70. The fourth-order valence-corrected chi connectivity index (χ4v) is 1.84. The monoisotopic (exact) mass is 296 g/mol. The molecular formula is C13H7F3N2O3. The Balaban J connectivity index is 2.67. The highest BCUT2D eigenvalue weighted by molar-refractivity contribution is 6.10. The number of carbonyl (C=O) groups is 1. The number of alkyl halides is 3. The highest BCUT2D eigenvalue weighted by atomic mass is 19.4. The molecule has 0 amide bonds. The summed E-state index contributed by atoms with van der Waals surface area (Å²) in [4.78, 5) is 25.4. The van der Waals surface area contributed by atoms with Gasteiger partial charge in [0.25, 0.3) is 5.69 Å². The molecule has 0 aliphatic heterocycles. The SMILES string of the molecule is O=C(c1ccncc1)c1cccc([N+](=O)[O-])c1C(F)(F)F. The molecule has 0 spiro atoms. The zero-order valence-electron chi connectivity index (χ0n) is 10.3. The van der Waals surface area contributed by atoms with Crippen molar-refractivity contribution < 1.29 is 22.9 Å². The number of benzene rings is 1. The maximum atomic E-state index is 13.1. The summed E-state index contributed by atoms with van der Waals surface area (Å²) >= 11 is 0. The molecule has 108 valence electrons. The summed E-state index contributed by atoms with van der Waals surface area (Å²) in [6.45, 7) is 0. The molecule has 5 nitrogen and oxygen atoms in total. The Bertz CT molecular complexity index is 700. The molecule has 1 heterocycles. The number of aromatic nitrogens is 1. The smallest absolute Gasteiger partial charge is 0.289 e. The zero-order chi connectivity index (χ0) is 15.6. The number of pyridine rings is 1. The first-order chi connectivity index (χ1) is 9.82. The molecule has 0 saturated carbocycles. The lowest BCUT2D eigenvalue weighted by Crippen LogP contribution is -2.16. The van der Waals surface area contributed by atoms with Gasteiger partial charge in [-0.15, -0.1) is 0 Å². The van der Waals surface area contributed by atoms with E-state index in [1.807, 2.05) is 0 Å². The predicted molar refractivity (Wildman–Crippen MR) is 65.8 cm³/mol. The summed E-state index contributed by atoms with van der Waals surface area (Å²) in [5.41, 5.74) is -3.49. The second-order valence-electron chi connectivity index (χ2n) is 4.02. The Morgan fingerprint density at radius 2 is 1.76 bits per heavy atom. The summed E-state index contributed by atoms with van der Waals surface area (Å²) in [6, 6.07) is 5.15. The lowest BCUT2D eigenvalue weighted by molar-refractivity contribution is -0.388. The molecule has 2 rings (SSSR count). The van der Waals surface area contributed by atoms with Crippen molar-refractivity contribution in [3.8, 4) is 0 Å². The van der Waals surface area contributed by atoms with E-state index in [0.717, 1.165) is 12.1 Å². The number of nitro benzene ring substituents is 1. The molecule has 0 fully saturated rings. The van der Waals surface area contributed by atoms with Gasteiger partial charge >= 0.3 is 6.18 Å². The lowest BCUT2D eigenvalue weighted by Gasteiger charge is -2.12. The van der Waals surface area contributed by atoms with E-state index >= 15 is 0 Å². The van der Waals surface area contributed by atoms with Gasteiger partial charge in [0.15, 0.2) is 5.78 Å². The van der Waals surface area contributed by atoms with Gasteiger partial charge in [-0.25, -0.2) is 0 Å². The summed E-state index contributed by atoms with van der Waals surface area (Å²) in [6.07, 6.45) is -2.52. The average Bonchev–Trinajstić information content (AvgIpc) is 2.45. The van der Waals surface area contributed by atoms with E-state index in [1.165, 1.54) is 24.5 Å². The summed E-state index contributed by atoms with van der Waals surface area (Å²) in [5, 5.41) is 10.8. The molecule has 0 atom stereocenters. The van der Waals surface area contributed by atoms with Crippen LogP contribution in [0.2, 0.25) is 0 Å². The molecule has 0 aliphatic rings. The van der Waals surface area contributed by atoms with Crippen LogP contribution in [0.1, 0.15) is 21.5 Å². The molecule has 0 saturated heterocycles. The highest BCUT2D eigenvalue weighted by Crippen LogP contribution is 2.39. The van der Waals surface area contributed by atoms with Crippen LogP contribution in [0, 0.1) is 10.1 Å². The maximum absolute atomic E-state index is 13.1. The van der Waals surface area contributed by atoms with Crippen LogP contribution < -0.4 is 0 Å². The quantitative estimate of drug-likeness (QED) is 0.495. The van der Waals surface area contributed by atoms with Crippen molar-refractivity contribution in [1.29, 1.82) is 0 Å². The molecular weight excluding hydrogens is 289 g/mol. The van der Waals surface area contributed by atoms with E-state index in [0.29, 0.717) is 6.07 Å². The fourth-order valence-electron chi connectivity index (χ4n) is 1.84. The normalized spacial score (nSPS) is 11.2. The van der Waals surface area contributed by atoms with Crippen LogP contribution in [0.3, 0.4) is 0 Å². The van der Waals surface area contributed by atoms with E-state index in [2.05, 4.69) is 4.98 Å². The van der Waals surface area contributed by atoms with Crippen LogP contribution in [0.5, 0.6) is 0 Å². The topological polar surface area (TPSA) is 73.1 Å². The van der Waals surface area contributed by atoms with E-state index in [-0.39, 0.29) is 5.56 Å². The van der Waals surface area contributed by atoms with Gasteiger partial charge in [0.1, 0.15) is 5.56 Å². The minimum Gasteiger partial charge on any atom is -0.289 e. The number of ketones is 1. The molecule has 0 aliphatic carbocycles. The Morgan fingerprint density at radius 1 is 1.14 bits per heavy atom. The first kappa shape index (κ1) is 14.6. The van der Waals surface area contributed by atoms with Gasteiger partial charge < -0.3 is 0 Å². The van der Waals surface area contributed by atoms with Gasteiger partial charge in [-0.05, 0) is 18.2 Å². The Hall–Kier alpha value is -2.77. The molecule has 0 bridgehead atoms. The van der Waals surface area contributed by atoms with E-state index in [9.17, 15) is 28.1 Å². The zero-order valence-corrected chi connectivity index (χ0v) is 10.3. The van der Waals surface area contributed by atoms with Crippen LogP contribution in [0.4, 0.5) is 18.9 Å². The number of halogens is 3. The largest absolute Gasteiger partial charge is 0.423 e. The maximum Gasteiger partial charge on any atom is 0.423 e. The van der Waals surface area contributed by atoms with Gasteiger partial charge in [0.2, 0.25) is 0 Å². The molecule has 0 N–H and O–H groups in total. The van der Waals surface area contributed by atoms with E-state index in [1.54, 1.807) is 0 Å². The van der Waals surface area contributed by atoms with Crippen LogP contribution >= 0.6 is 0 Å². The second-order valence-corrected chi connectivity index (χ2v) is 4.02. The van der Waals surface area contributed by atoms with E-state index < -0.39 is 33.7 Å². The van der Waals surface area contributed by atoms with Gasteiger partial charge in [-0.2, -0.15) is 13.2 Å². The van der Waals surface area contributed by atoms with Crippen LogP contribution in [-0.2, 0) is 6.18 Å². The summed E-state index contributed by atoms with van der Waals surface area (Å²) in [7, 11) is 0. The second kappa shape index (κ2) is 5.31.